The van der Waals surface area contributed by atoms with Gasteiger partial charge in [0.2, 0.25) is 0 Å². The molecule has 0 saturated carbocycles. The summed E-state index contributed by atoms with van der Waals surface area (Å²) < 4.78 is 0. The maximum absolute atomic E-state index is 9.76. The third-order valence-electron chi connectivity index (χ3n) is 2.95. The zero-order chi connectivity index (χ0) is 19.2. The molecule has 0 aromatic carbocycles. The molecule has 0 aliphatic heterocycles. The summed E-state index contributed by atoms with van der Waals surface area (Å²) in [4.78, 5) is 29.3. The van der Waals surface area contributed by atoms with Crippen LogP contribution in [0.15, 0.2) is 0 Å². The van der Waals surface area contributed by atoms with E-state index in [1.54, 1.807) is 0 Å². The van der Waals surface area contributed by atoms with Gasteiger partial charge in [-0.2, -0.15) is 0 Å². The van der Waals surface area contributed by atoms with Crippen molar-refractivity contribution in [3.05, 3.63) is 0 Å². The molecule has 0 bridgehead atoms. The van der Waals surface area contributed by atoms with Crippen LogP contribution in [0.1, 0.15) is 97.8 Å². The fourth-order valence-electron chi connectivity index (χ4n) is 1.56. The minimum absolute atomic E-state index is 0. The van der Waals surface area contributed by atoms with Crippen molar-refractivity contribution in [3.8, 4) is 0 Å². The first-order chi connectivity index (χ1) is 11.3. The first kappa shape index (κ1) is 32.0. The quantitative estimate of drug-likeness (QED) is 0.458. The van der Waals surface area contributed by atoms with Crippen molar-refractivity contribution >= 4 is 17.9 Å². The summed E-state index contributed by atoms with van der Waals surface area (Å²) in [5, 5.41) is 29.3. The Balaban J connectivity index is -0.000000130. The van der Waals surface area contributed by atoms with Gasteiger partial charge in [-0.25, -0.2) is 0 Å². The van der Waals surface area contributed by atoms with Crippen LogP contribution >= 0.6 is 0 Å². The molecule has 0 radical (unpaired) electrons. The van der Waals surface area contributed by atoms with Gasteiger partial charge < -0.3 is 29.7 Å². The molecule has 0 N–H and O–H groups in total. The molecule has 6 nitrogen and oxygen atoms in total. The molecule has 0 aliphatic rings. The van der Waals surface area contributed by atoms with Crippen molar-refractivity contribution in [2.45, 2.75) is 97.8 Å². The van der Waals surface area contributed by atoms with Gasteiger partial charge in [-0.05, 0) is 38.5 Å². The van der Waals surface area contributed by atoms with E-state index in [0.717, 1.165) is 57.8 Å². The van der Waals surface area contributed by atoms with Crippen LogP contribution in [-0.4, -0.2) is 17.9 Å². The topological polar surface area (TPSA) is 120 Å². The largest absolute Gasteiger partial charge is 3.00 e. The molecule has 0 heterocycles. The maximum Gasteiger partial charge on any atom is 3.00 e. The second kappa shape index (κ2) is 28.1. The molecule has 7 heteroatoms. The Labute approximate surface area is 171 Å². The zero-order valence-electron chi connectivity index (χ0n) is 16.0. The van der Waals surface area contributed by atoms with E-state index in [2.05, 4.69) is 0 Å². The predicted octanol–water partition coefficient (Wildman–Crippen LogP) is 0.947. The number of unbranched alkanes of at least 4 members (excludes halogenated alkanes) is 6. The number of hydrogen-bond donors (Lipinski definition) is 0. The van der Waals surface area contributed by atoms with E-state index in [1.807, 2.05) is 20.8 Å². The molecule has 0 amide bonds. The molecule has 0 spiro atoms. The van der Waals surface area contributed by atoms with Crippen LogP contribution in [0.25, 0.3) is 0 Å². The second-order valence-corrected chi connectivity index (χ2v) is 5.49. The molecule has 0 aliphatic carbocycles. The zero-order valence-corrected chi connectivity index (χ0v) is 17.8. The second-order valence-electron chi connectivity index (χ2n) is 5.49. The minimum atomic E-state index is -0.932. The summed E-state index contributed by atoms with van der Waals surface area (Å²) in [6.45, 7) is 6.11. The van der Waals surface area contributed by atoms with Crippen LogP contribution in [0, 0.1) is 0 Å². The Morgan fingerprint density at radius 3 is 0.840 bits per heavy atom. The Morgan fingerprint density at radius 2 is 0.720 bits per heavy atom. The Bertz CT molecular complexity index is 260. The van der Waals surface area contributed by atoms with Gasteiger partial charge in [-0.3, -0.25) is 0 Å². The SMILES string of the molecule is CCCCCC(=O)[O-].CCCCCC(=O)[O-].CCCCCC(=O)[O-].[Sc+3]. The van der Waals surface area contributed by atoms with E-state index < -0.39 is 17.9 Å². The van der Waals surface area contributed by atoms with E-state index in [1.165, 1.54) is 0 Å². The molecule has 0 aromatic heterocycles. The standard InChI is InChI=1S/3C6H12O2.Sc/c3*1-2-3-4-5-6(7)8;/h3*2-5H2,1H3,(H,7,8);/q;;;+3/p-3. The van der Waals surface area contributed by atoms with Gasteiger partial charge in [-0.1, -0.05) is 59.3 Å². The van der Waals surface area contributed by atoms with E-state index in [4.69, 9.17) is 0 Å². The van der Waals surface area contributed by atoms with E-state index in [0.29, 0.717) is 0 Å². The average Bonchev–Trinajstić information content (AvgIpc) is 2.48. The first-order valence-corrected chi connectivity index (χ1v) is 8.91. The van der Waals surface area contributed by atoms with Gasteiger partial charge in [0.15, 0.2) is 0 Å². The fourth-order valence-corrected chi connectivity index (χ4v) is 1.56. The van der Waals surface area contributed by atoms with E-state index >= 15 is 0 Å². The van der Waals surface area contributed by atoms with Crippen molar-refractivity contribution < 1.29 is 55.5 Å². The number of aliphatic carboxylic acids is 3. The summed E-state index contributed by atoms with van der Waals surface area (Å²) in [6.07, 6.45) is 9.11. The Morgan fingerprint density at radius 1 is 0.520 bits per heavy atom. The predicted molar refractivity (Wildman–Crippen MR) is 87.4 cm³/mol. The average molecular weight is 390 g/mol. The summed E-state index contributed by atoms with van der Waals surface area (Å²) in [6, 6.07) is 0. The minimum Gasteiger partial charge on any atom is -0.550 e. The molecule has 0 unspecified atom stereocenters. The Kier molecular flexibility index (Phi) is 36.0. The maximum atomic E-state index is 9.76. The van der Waals surface area contributed by atoms with Crippen LogP contribution in [0.4, 0.5) is 0 Å². The number of hydrogen-bond acceptors (Lipinski definition) is 6. The van der Waals surface area contributed by atoms with Crippen LogP contribution in [0.3, 0.4) is 0 Å². The smallest absolute Gasteiger partial charge is 0.550 e. The van der Waals surface area contributed by atoms with Crippen molar-refractivity contribution in [2.75, 3.05) is 0 Å². The summed E-state index contributed by atoms with van der Waals surface area (Å²) >= 11 is 0. The molecule has 0 saturated heterocycles. The number of carbonyl (C=O) groups excluding carboxylic acids is 3. The molecule has 0 fully saturated rings. The van der Waals surface area contributed by atoms with Gasteiger partial charge in [-0.15, -0.1) is 0 Å². The summed E-state index contributed by atoms with van der Waals surface area (Å²) in [7, 11) is 0. The monoisotopic (exact) mass is 390 g/mol. The van der Waals surface area contributed by atoms with Gasteiger partial charge in [0.1, 0.15) is 0 Å². The number of carbonyl (C=O) groups is 3. The van der Waals surface area contributed by atoms with Gasteiger partial charge in [0.05, 0.1) is 0 Å². The number of rotatable bonds is 12. The molecule has 0 rings (SSSR count). The fraction of sp³-hybridized carbons (Fsp3) is 0.833. The number of carboxylic acids is 3. The molecular formula is C18H33O6Sc. The Hall–Kier alpha value is -0.720. The summed E-state index contributed by atoms with van der Waals surface area (Å²) in [5.41, 5.74) is 0. The third kappa shape index (κ3) is 51.7. The normalized spacial score (nSPS) is 8.76. The molecule has 25 heavy (non-hydrogen) atoms. The molecule has 144 valence electrons. The van der Waals surface area contributed by atoms with Crippen molar-refractivity contribution in [1.82, 2.24) is 0 Å². The van der Waals surface area contributed by atoms with Crippen molar-refractivity contribution in [2.24, 2.45) is 0 Å². The van der Waals surface area contributed by atoms with Crippen molar-refractivity contribution in [3.63, 3.8) is 0 Å². The first-order valence-electron chi connectivity index (χ1n) is 8.91. The number of carboxylic acid groups (broad SMARTS) is 3. The molecular weight excluding hydrogens is 357 g/mol. The van der Waals surface area contributed by atoms with Gasteiger partial charge >= 0.3 is 25.8 Å². The van der Waals surface area contributed by atoms with Crippen LogP contribution in [0.5, 0.6) is 0 Å². The van der Waals surface area contributed by atoms with Crippen molar-refractivity contribution in [1.29, 1.82) is 0 Å². The van der Waals surface area contributed by atoms with Crippen LogP contribution in [-0.2, 0) is 40.2 Å². The molecule has 0 atom stereocenters. The van der Waals surface area contributed by atoms with E-state index in [9.17, 15) is 29.7 Å². The molecule has 0 aromatic rings. The van der Waals surface area contributed by atoms with Crippen LogP contribution in [0.2, 0.25) is 0 Å². The van der Waals surface area contributed by atoms with Crippen LogP contribution < -0.4 is 15.3 Å². The third-order valence-corrected chi connectivity index (χ3v) is 2.95. The van der Waals surface area contributed by atoms with Gasteiger partial charge in [0.25, 0.3) is 0 Å². The van der Waals surface area contributed by atoms with E-state index in [-0.39, 0.29) is 45.1 Å². The summed E-state index contributed by atoms with van der Waals surface area (Å²) in [5.74, 6) is -2.80. The van der Waals surface area contributed by atoms with Gasteiger partial charge in [0, 0.05) is 17.9 Å².